The molecule has 1 aliphatic rings. The first kappa shape index (κ1) is 12.8. The molecule has 1 aromatic heterocycles. The normalized spacial score (nSPS) is 20.1. The van der Waals surface area contributed by atoms with Gasteiger partial charge >= 0.3 is 0 Å². The zero-order valence-electron chi connectivity index (χ0n) is 10.8. The van der Waals surface area contributed by atoms with Crippen molar-refractivity contribution in [3.8, 4) is 0 Å². The smallest absolute Gasteiger partial charge is 0.185 e. The van der Waals surface area contributed by atoms with Crippen molar-refractivity contribution in [2.75, 3.05) is 25.2 Å². The lowest BCUT2D eigenvalue weighted by molar-refractivity contribution is 0.193. The van der Waals surface area contributed by atoms with Crippen molar-refractivity contribution < 1.29 is 4.74 Å². The average Bonchev–Trinajstić information content (AvgIpc) is 2.97. The van der Waals surface area contributed by atoms with Crippen LogP contribution in [-0.4, -0.2) is 37.3 Å². The van der Waals surface area contributed by atoms with E-state index in [1.54, 1.807) is 11.3 Å². The number of nitrogens with one attached hydrogen (secondary N) is 1. The molecule has 2 heterocycles. The lowest BCUT2D eigenvalue weighted by atomic mass is 10.2. The van der Waals surface area contributed by atoms with Crippen molar-refractivity contribution >= 4 is 16.5 Å². The monoisotopic (exact) mass is 255 g/mol. The molecule has 2 rings (SSSR count). The topological polar surface area (TPSA) is 37.4 Å². The predicted octanol–water partition coefficient (Wildman–Crippen LogP) is 1.87. The van der Waals surface area contributed by atoms with Crippen LogP contribution in [0.4, 0.5) is 5.13 Å². The van der Waals surface area contributed by atoms with E-state index in [1.165, 1.54) is 4.88 Å². The van der Waals surface area contributed by atoms with Gasteiger partial charge in [0.05, 0.1) is 12.6 Å². The number of anilines is 1. The van der Waals surface area contributed by atoms with Crippen molar-refractivity contribution in [3.05, 3.63) is 11.1 Å². The van der Waals surface area contributed by atoms with Crippen LogP contribution in [0, 0.1) is 0 Å². The largest absolute Gasteiger partial charge is 0.379 e. The van der Waals surface area contributed by atoms with Crippen molar-refractivity contribution in [2.45, 2.75) is 38.9 Å². The summed E-state index contributed by atoms with van der Waals surface area (Å²) in [4.78, 5) is 8.03. The minimum absolute atomic E-state index is 0.493. The highest BCUT2D eigenvalue weighted by Gasteiger charge is 2.22. The van der Waals surface area contributed by atoms with Gasteiger partial charge in [0, 0.05) is 37.3 Å². The Morgan fingerprint density at radius 1 is 1.65 bits per heavy atom. The molecule has 0 radical (unpaired) electrons. The number of thiazole rings is 1. The molecule has 1 atom stereocenters. The van der Waals surface area contributed by atoms with E-state index in [1.807, 2.05) is 6.20 Å². The Morgan fingerprint density at radius 2 is 2.47 bits per heavy atom. The van der Waals surface area contributed by atoms with Gasteiger partial charge in [0.15, 0.2) is 5.13 Å². The Balaban J connectivity index is 1.92. The number of ether oxygens (including phenoxy) is 1. The summed E-state index contributed by atoms with van der Waals surface area (Å²) < 4.78 is 5.41. The summed E-state index contributed by atoms with van der Waals surface area (Å²) in [5, 5.41) is 4.51. The van der Waals surface area contributed by atoms with E-state index in [0.717, 1.165) is 31.3 Å². The van der Waals surface area contributed by atoms with E-state index in [9.17, 15) is 0 Å². The van der Waals surface area contributed by atoms with Crippen LogP contribution < -0.4 is 10.2 Å². The van der Waals surface area contributed by atoms with E-state index in [2.05, 4.69) is 36.1 Å². The zero-order valence-corrected chi connectivity index (χ0v) is 11.6. The molecule has 5 heteroatoms. The van der Waals surface area contributed by atoms with Crippen LogP contribution in [-0.2, 0) is 11.3 Å². The molecule has 17 heavy (non-hydrogen) atoms. The summed E-state index contributed by atoms with van der Waals surface area (Å²) in [5.41, 5.74) is 0. The second kappa shape index (κ2) is 5.80. The molecule has 1 unspecified atom stereocenters. The molecule has 96 valence electrons. The van der Waals surface area contributed by atoms with Crippen LogP contribution in [0.2, 0.25) is 0 Å². The van der Waals surface area contributed by atoms with Crippen LogP contribution in [0.25, 0.3) is 0 Å². The molecule has 1 saturated heterocycles. The quantitative estimate of drug-likeness (QED) is 0.871. The predicted molar refractivity (Wildman–Crippen MR) is 71.7 cm³/mol. The first-order valence-electron chi connectivity index (χ1n) is 6.15. The first-order chi connectivity index (χ1) is 8.16. The van der Waals surface area contributed by atoms with Crippen LogP contribution in [0.5, 0.6) is 0 Å². The maximum absolute atomic E-state index is 5.41. The molecule has 0 aliphatic carbocycles. The number of aromatic nitrogens is 1. The highest BCUT2D eigenvalue weighted by atomic mass is 32.1. The molecule has 1 aliphatic heterocycles. The second-order valence-corrected chi connectivity index (χ2v) is 5.87. The van der Waals surface area contributed by atoms with Gasteiger partial charge in [-0.1, -0.05) is 13.8 Å². The van der Waals surface area contributed by atoms with Crippen LogP contribution >= 0.6 is 11.3 Å². The molecule has 0 saturated carbocycles. The maximum Gasteiger partial charge on any atom is 0.185 e. The molecule has 1 N–H and O–H groups in total. The molecule has 1 fully saturated rings. The minimum atomic E-state index is 0.493. The van der Waals surface area contributed by atoms with Gasteiger partial charge in [0.2, 0.25) is 0 Å². The lowest BCUT2D eigenvalue weighted by Gasteiger charge is -2.21. The van der Waals surface area contributed by atoms with Crippen molar-refractivity contribution in [3.63, 3.8) is 0 Å². The molecule has 1 aromatic rings. The Labute approximate surface area is 107 Å². The average molecular weight is 255 g/mol. The highest BCUT2D eigenvalue weighted by molar-refractivity contribution is 7.15. The van der Waals surface area contributed by atoms with Gasteiger partial charge in [0.25, 0.3) is 0 Å². The number of hydrogen-bond acceptors (Lipinski definition) is 5. The van der Waals surface area contributed by atoms with E-state index < -0.39 is 0 Å². The third-order valence-electron chi connectivity index (χ3n) is 2.98. The van der Waals surface area contributed by atoms with Crippen LogP contribution in [0.1, 0.15) is 25.1 Å². The Morgan fingerprint density at radius 3 is 3.12 bits per heavy atom. The Kier molecular flexibility index (Phi) is 4.36. The summed E-state index contributed by atoms with van der Waals surface area (Å²) in [6, 6.07) is 1.01. The lowest BCUT2D eigenvalue weighted by Crippen LogP contribution is -2.31. The number of likely N-dealkylation sites (N-methyl/N-ethyl adjacent to an activating group) is 1. The van der Waals surface area contributed by atoms with E-state index >= 15 is 0 Å². The second-order valence-electron chi connectivity index (χ2n) is 4.77. The fraction of sp³-hybridized carbons (Fsp3) is 0.750. The van der Waals surface area contributed by atoms with Gasteiger partial charge in [-0.05, 0) is 6.42 Å². The third-order valence-corrected chi connectivity index (χ3v) is 4.07. The molecular formula is C12H21N3OS. The van der Waals surface area contributed by atoms with E-state index in [-0.39, 0.29) is 0 Å². The highest BCUT2D eigenvalue weighted by Crippen LogP contribution is 2.25. The summed E-state index contributed by atoms with van der Waals surface area (Å²) in [6.07, 6.45) is 3.08. The maximum atomic E-state index is 5.41. The van der Waals surface area contributed by atoms with Gasteiger partial charge in [0.1, 0.15) is 0 Å². The SMILES string of the molecule is CC(C)NCc1cnc(N(C)C2CCOC2)s1. The van der Waals surface area contributed by atoms with Crippen molar-refractivity contribution in [1.29, 1.82) is 0 Å². The molecule has 4 nitrogen and oxygen atoms in total. The summed E-state index contributed by atoms with van der Waals surface area (Å²) in [5.74, 6) is 0. The first-order valence-corrected chi connectivity index (χ1v) is 6.97. The van der Waals surface area contributed by atoms with Crippen LogP contribution in [0.15, 0.2) is 6.20 Å². The number of hydrogen-bond donors (Lipinski definition) is 1. The molecule has 0 spiro atoms. The van der Waals surface area contributed by atoms with Gasteiger partial charge in [-0.25, -0.2) is 4.98 Å². The van der Waals surface area contributed by atoms with E-state index in [4.69, 9.17) is 4.74 Å². The zero-order chi connectivity index (χ0) is 12.3. The van der Waals surface area contributed by atoms with Crippen molar-refractivity contribution in [1.82, 2.24) is 10.3 Å². The fourth-order valence-electron chi connectivity index (χ4n) is 1.83. The van der Waals surface area contributed by atoms with E-state index in [0.29, 0.717) is 12.1 Å². The number of rotatable bonds is 5. The third kappa shape index (κ3) is 3.40. The fourth-order valence-corrected chi connectivity index (χ4v) is 2.72. The minimum Gasteiger partial charge on any atom is -0.379 e. The van der Waals surface area contributed by atoms with Gasteiger partial charge in [-0.2, -0.15) is 0 Å². The Bertz CT molecular complexity index is 347. The molecule has 0 aromatic carbocycles. The summed E-state index contributed by atoms with van der Waals surface area (Å²) in [7, 11) is 2.11. The van der Waals surface area contributed by atoms with Crippen molar-refractivity contribution in [2.24, 2.45) is 0 Å². The molecule has 0 amide bonds. The standard InChI is InChI=1S/C12H21N3OS/c1-9(2)13-6-11-7-14-12(17-11)15(3)10-4-5-16-8-10/h7,9-10,13H,4-6,8H2,1-3H3. The summed E-state index contributed by atoms with van der Waals surface area (Å²) in [6.45, 7) is 6.93. The molecular weight excluding hydrogens is 234 g/mol. The van der Waals surface area contributed by atoms with Gasteiger partial charge in [-0.15, -0.1) is 11.3 Å². The Hall–Kier alpha value is -0.650. The summed E-state index contributed by atoms with van der Waals surface area (Å²) >= 11 is 1.77. The van der Waals surface area contributed by atoms with Gasteiger partial charge < -0.3 is 15.0 Å². The number of nitrogens with zero attached hydrogens (tertiary/aromatic N) is 2. The molecule has 0 bridgehead atoms. The van der Waals surface area contributed by atoms with Crippen LogP contribution in [0.3, 0.4) is 0 Å². The van der Waals surface area contributed by atoms with Gasteiger partial charge in [-0.3, -0.25) is 0 Å².